The van der Waals surface area contributed by atoms with Gasteiger partial charge in [0.15, 0.2) is 11.0 Å². The van der Waals surface area contributed by atoms with E-state index in [9.17, 15) is 4.79 Å². The Kier molecular flexibility index (Phi) is 4.69. The maximum atomic E-state index is 12.1. The molecule has 1 fully saturated rings. The molecule has 1 aliphatic heterocycles. The second-order valence-corrected chi connectivity index (χ2v) is 6.82. The first-order valence-electron chi connectivity index (χ1n) is 7.25. The van der Waals surface area contributed by atoms with Crippen LogP contribution in [0.2, 0.25) is 5.02 Å². The summed E-state index contributed by atoms with van der Waals surface area (Å²) in [6.07, 6.45) is 2.95. The molecule has 0 radical (unpaired) electrons. The summed E-state index contributed by atoms with van der Waals surface area (Å²) in [5, 5.41) is 12.7. The van der Waals surface area contributed by atoms with E-state index in [2.05, 4.69) is 15.5 Å². The van der Waals surface area contributed by atoms with Gasteiger partial charge in [-0.3, -0.25) is 4.79 Å². The molecule has 1 amide bonds. The minimum Gasteiger partial charge on any atom is -0.355 e. The van der Waals surface area contributed by atoms with Crippen molar-refractivity contribution < 1.29 is 4.79 Å². The van der Waals surface area contributed by atoms with Crippen molar-refractivity contribution in [2.75, 3.05) is 6.54 Å². The van der Waals surface area contributed by atoms with Gasteiger partial charge in [0.2, 0.25) is 5.91 Å². The fourth-order valence-corrected chi connectivity index (χ4v) is 3.73. The van der Waals surface area contributed by atoms with Crippen LogP contribution in [0.4, 0.5) is 0 Å². The number of benzene rings is 1. The number of nitrogens with zero attached hydrogens (tertiary/aromatic N) is 3. The number of halogens is 1. The molecule has 0 bridgehead atoms. The van der Waals surface area contributed by atoms with Crippen LogP contribution in [0.25, 0.3) is 11.4 Å². The van der Waals surface area contributed by atoms with Crippen molar-refractivity contribution in [1.29, 1.82) is 0 Å². The van der Waals surface area contributed by atoms with E-state index in [0.29, 0.717) is 10.8 Å². The van der Waals surface area contributed by atoms with Gasteiger partial charge in [-0.2, -0.15) is 0 Å². The van der Waals surface area contributed by atoms with Crippen molar-refractivity contribution in [3.63, 3.8) is 0 Å². The molecule has 1 atom stereocenters. The van der Waals surface area contributed by atoms with Crippen LogP contribution in [0.1, 0.15) is 19.3 Å². The van der Waals surface area contributed by atoms with Crippen LogP contribution in [0.3, 0.4) is 0 Å². The fourth-order valence-electron chi connectivity index (χ4n) is 2.45. The lowest BCUT2D eigenvalue weighted by Crippen LogP contribution is -2.30. The Morgan fingerprint density at radius 1 is 1.32 bits per heavy atom. The lowest BCUT2D eigenvalue weighted by Gasteiger charge is -2.12. The van der Waals surface area contributed by atoms with Crippen LogP contribution in [0, 0.1) is 0 Å². The highest BCUT2D eigenvalue weighted by Gasteiger charge is 2.24. The Morgan fingerprint density at radius 2 is 2.14 bits per heavy atom. The minimum absolute atomic E-state index is 0.0878. The summed E-state index contributed by atoms with van der Waals surface area (Å²) in [4.78, 5) is 12.1. The van der Waals surface area contributed by atoms with Gasteiger partial charge < -0.3 is 9.88 Å². The molecule has 22 heavy (non-hydrogen) atoms. The maximum absolute atomic E-state index is 12.1. The van der Waals surface area contributed by atoms with Crippen LogP contribution in [-0.2, 0) is 11.8 Å². The first-order valence-corrected chi connectivity index (χ1v) is 8.51. The van der Waals surface area contributed by atoms with Crippen LogP contribution < -0.4 is 5.32 Å². The highest BCUT2D eigenvalue weighted by molar-refractivity contribution is 8.00. The number of hydrogen-bond donors (Lipinski definition) is 1. The third kappa shape index (κ3) is 3.13. The summed E-state index contributed by atoms with van der Waals surface area (Å²) in [5.41, 5.74) is 0.844. The molecule has 2 aromatic rings. The van der Waals surface area contributed by atoms with Crippen LogP contribution >= 0.6 is 23.4 Å². The third-order valence-electron chi connectivity index (χ3n) is 3.68. The summed E-state index contributed by atoms with van der Waals surface area (Å²) in [7, 11) is 1.90. The third-order valence-corrected chi connectivity index (χ3v) is 5.31. The zero-order chi connectivity index (χ0) is 15.5. The number of hydrogen-bond acceptors (Lipinski definition) is 4. The lowest BCUT2D eigenvalue weighted by atomic mass is 10.2. The van der Waals surface area contributed by atoms with Gasteiger partial charge in [0.05, 0.1) is 10.3 Å². The second-order valence-electron chi connectivity index (χ2n) is 5.24. The molecule has 5 nitrogen and oxygen atoms in total. The number of thioether (sulfide) groups is 1. The number of carbonyl (C=O) groups excluding carboxylic acids is 1. The molecule has 0 spiro atoms. The van der Waals surface area contributed by atoms with E-state index in [4.69, 9.17) is 11.6 Å². The second kappa shape index (κ2) is 6.71. The van der Waals surface area contributed by atoms with E-state index in [1.165, 1.54) is 11.8 Å². The Morgan fingerprint density at radius 3 is 2.95 bits per heavy atom. The standard InChI is InChI=1S/C15H17ClN4OS/c1-20-13(10-6-2-3-7-11(10)16)18-19-15(20)22-12-8-4-5-9-17-14(12)21/h2-3,6-7,12H,4-5,8-9H2,1H3,(H,17,21). The topological polar surface area (TPSA) is 59.8 Å². The highest BCUT2D eigenvalue weighted by atomic mass is 35.5. The number of nitrogens with one attached hydrogen (secondary N) is 1. The van der Waals surface area contributed by atoms with E-state index >= 15 is 0 Å². The van der Waals surface area contributed by atoms with E-state index in [-0.39, 0.29) is 11.2 Å². The lowest BCUT2D eigenvalue weighted by molar-refractivity contribution is -0.120. The van der Waals surface area contributed by atoms with Crippen molar-refractivity contribution >= 4 is 29.3 Å². The average molecular weight is 337 g/mol. The molecular weight excluding hydrogens is 320 g/mol. The van der Waals surface area contributed by atoms with Crippen molar-refractivity contribution in [3.05, 3.63) is 29.3 Å². The normalized spacial score (nSPS) is 18.8. The Labute approximate surface area is 138 Å². The maximum Gasteiger partial charge on any atom is 0.233 e. The molecule has 1 aromatic carbocycles. The molecule has 1 saturated heterocycles. The first-order chi connectivity index (χ1) is 10.7. The van der Waals surface area contributed by atoms with Gasteiger partial charge in [-0.1, -0.05) is 41.9 Å². The molecule has 1 aliphatic rings. The number of aromatic nitrogens is 3. The fraction of sp³-hybridized carbons (Fsp3) is 0.400. The molecule has 2 heterocycles. The summed E-state index contributed by atoms with van der Waals surface area (Å²) in [5.74, 6) is 0.798. The van der Waals surface area contributed by atoms with Crippen LogP contribution in [0.5, 0.6) is 0 Å². The van der Waals surface area contributed by atoms with E-state index < -0.39 is 0 Å². The van der Waals surface area contributed by atoms with E-state index in [0.717, 1.165) is 36.5 Å². The Hall–Kier alpha value is -1.53. The minimum atomic E-state index is -0.107. The van der Waals surface area contributed by atoms with Gasteiger partial charge in [0.1, 0.15) is 0 Å². The van der Waals surface area contributed by atoms with Crippen molar-refractivity contribution in [3.8, 4) is 11.4 Å². The highest BCUT2D eigenvalue weighted by Crippen LogP contribution is 2.31. The van der Waals surface area contributed by atoms with Gasteiger partial charge in [-0.25, -0.2) is 0 Å². The van der Waals surface area contributed by atoms with Gasteiger partial charge in [-0.15, -0.1) is 10.2 Å². The van der Waals surface area contributed by atoms with E-state index in [1.54, 1.807) is 0 Å². The quantitative estimate of drug-likeness (QED) is 0.936. The Bertz CT molecular complexity index is 688. The predicted molar refractivity (Wildman–Crippen MR) is 88.0 cm³/mol. The van der Waals surface area contributed by atoms with Crippen molar-refractivity contribution in [2.24, 2.45) is 7.05 Å². The SMILES string of the molecule is Cn1c(SC2CCCCNC2=O)nnc1-c1ccccc1Cl. The summed E-state index contributed by atoms with van der Waals surface area (Å²) >= 11 is 7.69. The van der Waals surface area contributed by atoms with Gasteiger partial charge in [-0.05, 0) is 25.0 Å². The first kappa shape index (κ1) is 15.4. The molecule has 3 rings (SSSR count). The zero-order valence-corrected chi connectivity index (χ0v) is 13.8. The molecule has 1 N–H and O–H groups in total. The van der Waals surface area contributed by atoms with Gasteiger partial charge in [0, 0.05) is 19.2 Å². The summed E-state index contributed by atoms with van der Waals surface area (Å²) in [6.45, 7) is 0.763. The average Bonchev–Trinajstić information content (AvgIpc) is 2.74. The number of rotatable bonds is 3. The predicted octanol–water partition coefficient (Wildman–Crippen LogP) is 2.90. The molecule has 7 heteroatoms. The molecule has 1 aromatic heterocycles. The number of carbonyl (C=O) groups is 1. The Balaban J connectivity index is 1.84. The number of amides is 1. The van der Waals surface area contributed by atoms with Crippen molar-refractivity contribution in [1.82, 2.24) is 20.1 Å². The van der Waals surface area contributed by atoms with Crippen LogP contribution in [-0.4, -0.2) is 32.5 Å². The molecule has 1 unspecified atom stereocenters. The van der Waals surface area contributed by atoms with Crippen LogP contribution in [0.15, 0.2) is 29.4 Å². The zero-order valence-electron chi connectivity index (χ0n) is 12.3. The van der Waals surface area contributed by atoms with Gasteiger partial charge >= 0.3 is 0 Å². The smallest absolute Gasteiger partial charge is 0.233 e. The monoisotopic (exact) mass is 336 g/mol. The largest absolute Gasteiger partial charge is 0.355 e. The summed E-state index contributed by atoms with van der Waals surface area (Å²) in [6, 6.07) is 7.55. The molecular formula is C15H17ClN4OS. The van der Waals surface area contributed by atoms with Gasteiger partial charge in [0.25, 0.3) is 0 Å². The molecule has 0 saturated carbocycles. The van der Waals surface area contributed by atoms with Crippen molar-refractivity contribution in [2.45, 2.75) is 29.7 Å². The van der Waals surface area contributed by atoms with E-state index in [1.807, 2.05) is 35.9 Å². The molecule has 0 aliphatic carbocycles. The molecule has 116 valence electrons. The summed E-state index contributed by atoms with van der Waals surface area (Å²) < 4.78 is 1.89.